The van der Waals surface area contributed by atoms with Gasteiger partial charge in [-0.25, -0.2) is 17.2 Å². The first-order valence-electron chi connectivity index (χ1n) is 7.02. The van der Waals surface area contributed by atoms with Crippen LogP contribution in [-0.2, 0) is 10.0 Å². The first-order valence-corrected chi connectivity index (χ1v) is 8.46. The summed E-state index contributed by atoms with van der Waals surface area (Å²) in [6.45, 7) is 4.60. The number of aryl methyl sites for hydroxylation is 1. The molecule has 25 heavy (non-hydrogen) atoms. The van der Waals surface area contributed by atoms with E-state index in [0.29, 0.717) is 10.4 Å². The lowest BCUT2D eigenvalue weighted by Gasteiger charge is -2.23. The van der Waals surface area contributed by atoms with Crippen molar-refractivity contribution in [2.45, 2.75) is 11.8 Å². The van der Waals surface area contributed by atoms with Crippen molar-refractivity contribution in [3.63, 3.8) is 0 Å². The molecule has 0 aliphatic heterocycles. The maximum Gasteiger partial charge on any atom is 0.273 e. The third kappa shape index (κ3) is 3.66. The Morgan fingerprint density at radius 2 is 1.92 bits per heavy atom. The van der Waals surface area contributed by atoms with Gasteiger partial charge in [0.25, 0.3) is 15.7 Å². The Kier molecular flexibility index (Phi) is 5.17. The standard InChI is InChI=1S/C16H14F2N2O4S/c1-3-8-19(15-7-5-12(17)9-14(15)18)25(23,24)13-6-4-11(2)16(10-13)20(21)22/h3-7,9-10H,1,8H2,2H3. The van der Waals surface area contributed by atoms with Gasteiger partial charge in [-0.15, -0.1) is 6.58 Å². The van der Waals surface area contributed by atoms with Crippen molar-refractivity contribution in [1.82, 2.24) is 0 Å². The van der Waals surface area contributed by atoms with Gasteiger partial charge in [0.05, 0.1) is 22.1 Å². The Bertz CT molecular complexity index is 945. The van der Waals surface area contributed by atoms with Crippen LogP contribution < -0.4 is 4.31 Å². The van der Waals surface area contributed by atoms with Crippen molar-refractivity contribution >= 4 is 21.4 Å². The normalized spacial score (nSPS) is 11.2. The van der Waals surface area contributed by atoms with E-state index in [4.69, 9.17) is 0 Å². The average Bonchev–Trinajstić information content (AvgIpc) is 2.53. The molecule has 2 aromatic carbocycles. The summed E-state index contributed by atoms with van der Waals surface area (Å²) in [5, 5.41) is 11.0. The van der Waals surface area contributed by atoms with E-state index in [1.807, 2.05) is 0 Å². The number of anilines is 1. The van der Waals surface area contributed by atoms with Crippen LogP contribution in [0.15, 0.2) is 53.9 Å². The zero-order chi connectivity index (χ0) is 18.8. The lowest BCUT2D eigenvalue weighted by molar-refractivity contribution is -0.385. The molecule has 0 saturated heterocycles. The predicted octanol–water partition coefficient (Wildman–Crippen LogP) is 3.56. The topological polar surface area (TPSA) is 80.5 Å². The van der Waals surface area contributed by atoms with Crippen molar-refractivity contribution in [3.8, 4) is 0 Å². The minimum atomic E-state index is -4.33. The Hall–Kier alpha value is -2.81. The molecule has 0 aliphatic carbocycles. The summed E-state index contributed by atoms with van der Waals surface area (Å²) in [6.07, 6.45) is 1.23. The Morgan fingerprint density at radius 1 is 1.24 bits per heavy atom. The van der Waals surface area contributed by atoms with E-state index in [0.717, 1.165) is 18.2 Å². The highest BCUT2D eigenvalue weighted by Crippen LogP contribution is 2.29. The van der Waals surface area contributed by atoms with Gasteiger partial charge < -0.3 is 0 Å². The monoisotopic (exact) mass is 368 g/mol. The number of nitro benzene ring substituents is 1. The summed E-state index contributed by atoms with van der Waals surface area (Å²) in [6, 6.07) is 5.84. The van der Waals surface area contributed by atoms with Crippen LogP contribution in [0.4, 0.5) is 20.2 Å². The molecule has 0 fully saturated rings. The molecule has 0 saturated carbocycles. The molecular weight excluding hydrogens is 354 g/mol. The van der Waals surface area contributed by atoms with Crippen LogP contribution in [0.3, 0.4) is 0 Å². The third-order valence-corrected chi connectivity index (χ3v) is 5.21. The molecule has 0 bridgehead atoms. The SMILES string of the molecule is C=CCN(c1ccc(F)cc1F)S(=O)(=O)c1ccc(C)c([N+](=O)[O-])c1. The number of sulfonamides is 1. The molecule has 6 nitrogen and oxygen atoms in total. The maximum atomic E-state index is 14.1. The van der Waals surface area contributed by atoms with Gasteiger partial charge in [0.15, 0.2) is 0 Å². The summed E-state index contributed by atoms with van der Waals surface area (Å²) in [5.41, 5.74) is -0.476. The number of benzene rings is 2. The Labute approximate surface area is 143 Å². The van der Waals surface area contributed by atoms with E-state index < -0.39 is 26.6 Å². The highest BCUT2D eigenvalue weighted by Gasteiger charge is 2.28. The molecule has 0 spiro atoms. The minimum Gasteiger partial charge on any atom is -0.260 e. The fourth-order valence-corrected chi connectivity index (χ4v) is 3.66. The lowest BCUT2D eigenvalue weighted by atomic mass is 10.2. The molecule has 2 rings (SSSR count). The summed E-state index contributed by atoms with van der Waals surface area (Å²) >= 11 is 0. The summed E-state index contributed by atoms with van der Waals surface area (Å²) in [7, 11) is -4.33. The van der Waals surface area contributed by atoms with Gasteiger partial charge in [0.2, 0.25) is 0 Å². The Morgan fingerprint density at radius 3 is 2.48 bits per heavy atom. The van der Waals surface area contributed by atoms with Crippen LogP contribution >= 0.6 is 0 Å². The highest BCUT2D eigenvalue weighted by atomic mass is 32.2. The fraction of sp³-hybridized carbons (Fsp3) is 0.125. The Balaban J connectivity index is 2.62. The van der Waals surface area contributed by atoms with Crippen LogP contribution in [0.5, 0.6) is 0 Å². The molecule has 0 amide bonds. The summed E-state index contributed by atoms with van der Waals surface area (Å²) in [4.78, 5) is 9.95. The molecule has 0 radical (unpaired) electrons. The second-order valence-corrected chi connectivity index (χ2v) is 6.99. The molecule has 0 aromatic heterocycles. The minimum absolute atomic E-state index is 0.284. The van der Waals surface area contributed by atoms with Crippen molar-refractivity contribution in [1.29, 1.82) is 0 Å². The number of hydrogen-bond donors (Lipinski definition) is 0. The van der Waals surface area contributed by atoms with E-state index in [1.165, 1.54) is 25.1 Å². The molecule has 0 aliphatic rings. The molecule has 132 valence electrons. The van der Waals surface area contributed by atoms with Gasteiger partial charge in [-0.2, -0.15) is 0 Å². The molecular formula is C16H14F2N2O4S. The lowest BCUT2D eigenvalue weighted by Crippen LogP contribution is -2.32. The number of rotatable bonds is 6. The van der Waals surface area contributed by atoms with E-state index in [-0.39, 0.29) is 28.4 Å². The number of nitrogens with zero attached hydrogens (tertiary/aromatic N) is 2. The highest BCUT2D eigenvalue weighted by molar-refractivity contribution is 7.92. The summed E-state index contributed by atoms with van der Waals surface area (Å²) in [5.74, 6) is -1.93. The van der Waals surface area contributed by atoms with Gasteiger partial charge in [-0.1, -0.05) is 12.1 Å². The van der Waals surface area contributed by atoms with Gasteiger partial charge in [-0.3, -0.25) is 14.4 Å². The zero-order valence-electron chi connectivity index (χ0n) is 13.1. The van der Waals surface area contributed by atoms with Crippen molar-refractivity contribution in [2.75, 3.05) is 10.8 Å². The predicted molar refractivity (Wildman–Crippen MR) is 88.9 cm³/mol. The molecule has 9 heteroatoms. The van der Waals surface area contributed by atoms with Crippen LogP contribution in [-0.4, -0.2) is 19.9 Å². The fourth-order valence-electron chi connectivity index (χ4n) is 2.20. The van der Waals surface area contributed by atoms with Crippen LogP contribution in [0.25, 0.3) is 0 Å². The van der Waals surface area contributed by atoms with Gasteiger partial charge in [-0.05, 0) is 25.1 Å². The molecule has 2 aromatic rings. The zero-order valence-corrected chi connectivity index (χ0v) is 14.0. The van der Waals surface area contributed by atoms with Crippen LogP contribution in [0.1, 0.15) is 5.56 Å². The van der Waals surface area contributed by atoms with E-state index in [1.54, 1.807) is 0 Å². The summed E-state index contributed by atoms with van der Waals surface area (Å²) < 4.78 is 53.5. The molecule has 0 N–H and O–H groups in total. The number of halogens is 2. The largest absolute Gasteiger partial charge is 0.273 e. The van der Waals surface area contributed by atoms with Crippen molar-refractivity contribution < 1.29 is 22.1 Å². The van der Waals surface area contributed by atoms with Crippen LogP contribution in [0.2, 0.25) is 0 Å². The van der Waals surface area contributed by atoms with Gasteiger partial charge in [0, 0.05) is 17.7 Å². The average molecular weight is 368 g/mol. The van der Waals surface area contributed by atoms with Crippen molar-refractivity contribution in [3.05, 3.63) is 76.4 Å². The van der Waals surface area contributed by atoms with E-state index in [9.17, 15) is 27.3 Å². The van der Waals surface area contributed by atoms with Crippen LogP contribution in [0, 0.1) is 28.7 Å². The first kappa shape index (κ1) is 18.5. The third-order valence-electron chi connectivity index (χ3n) is 3.44. The molecule has 0 atom stereocenters. The number of hydrogen-bond acceptors (Lipinski definition) is 4. The van der Waals surface area contributed by atoms with E-state index >= 15 is 0 Å². The first-order chi connectivity index (χ1) is 11.7. The van der Waals surface area contributed by atoms with Gasteiger partial charge >= 0.3 is 0 Å². The second-order valence-electron chi connectivity index (χ2n) is 5.13. The number of nitro groups is 1. The molecule has 0 unspecified atom stereocenters. The maximum absolute atomic E-state index is 14.1. The smallest absolute Gasteiger partial charge is 0.260 e. The van der Waals surface area contributed by atoms with E-state index in [2.05, 4.69) is 6.58 Å². The van der Waals surface area contributed by atoms with Crippen molar-refractivity contribution in [2.24, 2.45) is 0 Å². The van der Waals surface area contributed by atoms with Gasteiger partial charge in [0.1, 0.15) is 11.6 Å². The quantitative estimate of drug-likeness (QED) is 0.444. The molecule has 0 heterocycles. The second kappa shape index (κ2) is 6.98.